The largest absolute Gasteiger partial charge is 0.459 e. The zero-order valence-corrected chi connectivity index (χ0v) is 74.7. The van der Waals surface area contributed by atoms with Gasteiger partial charge in [-0.15, -0.1) is 11.3 Å². The van der Waals surface area contributed by atoms with Gasteiger partial charge in [0.15, 0.2) is 0 Å². The van der Waals surface area contributed by atoms with Crippen molar-refractivity contribution in [3.8, 4) is 146 Å². The fourth-order valence-electron chi connectivity index (χ4n) is 21.8. The molecule has 0 N–H and O–H groups in total. The van der Waals surface area contributed by atoms with Crippen LogP contribution in [0.1, 0.15) is 52.7 Å². The number of fused-ring (bicyclic) bond motifs is 17. The summed E-state index contributed by atoms with van der Waals surface area (Å²) in [7, 11) is 0. The zero-order chi connectivity index (χ0) is 87.9. The number of hydrogen-bond donors (Lipinski definition) is 0. The summed E-state index contributed by atoms with van der Waals surface area (Å²) < 4.78 is 35.5. The Balaban J connectivity index is 0.877. The Morgan fingerprint density at radius 2 is 0.500 bits per heavy atom. The van der Waals surface area contributed by atoms with E-state index < -0.39 is 6.71 Å². The molecule has 6 aliphatic heterocycles. The van der Waals surface area contributed by atoms with Crippen LogP contribution in [0.3, 0.4) is 0 Å². The van der Waals surface area contributed by atoms with Gasteiger partial charge in [0.25, 0.3) is 20.1 Å². The number of anilines is 6. The third-order valence-electron chi connectivity index (χ3n) is 28.2. The van der Waals surface area contributed by atoms with E-state index in [1.165, 1.54) is 31.3 Å². The molecule has 132 heavy (non-hydrogen) atoms. The third kappa shape index (κ3) is 12.4. The molecule has 0 saturated heterocycles. The molecule has 0 radical (unpaired) electrons. The molecule has 0 amide bonds. The number of hydrogen-bond acceptors (Lipinski definition) is 7. The molecule has 6 aliphatic rings. The number of thiophene rings is 1. The van der Waals surface area contributed by atoms with Gasteiger partial charge in [0.1, 0.15) is 46.0 Å². The molecule has 7 heterocycles. The van der Waals surface area contributed by atoms with E-state index in [2.05, 4.69) is 458 Å². The smallest absolute Gasteiger partial charge is 0.261 e. The molecule has 10 heteroatoms. The Morgan fingerprint density at radius 3 is 0.841 bits per heavy atom. The average molecular weight is 1710 g/mol. The normalized spacial score (nSPS) is 13.2. The Morgan fingerprint density at radius 1 is 0.212 bits per heavy atom. The van der Waals surface area contributed by atoms with Gasteiger partial charge in [0.2, 0.25) is 0 Å². The summed E-state index contributed by atoms with van der Waals surface area (Å²) in [5.74, 6) is 5.98. The van der Waals surface area contributed by atoms with Gasteiger partial charge in [-0.25, -0.2) is 0 Å². The van der Waals surface area contributed by atoms with Gasteiger partial charge in [-0.2, -0.15) is 0 Å². The van der Waals surface area contributed by atoms with Gasteiger partial charge < -0.3 is 28.7 Å². The molecular weight excluding hydrogens is 1620 g/mol. The monoisotopic (exact) mass is 1710 g/mol. The van der Waals surface area contributed by atoms with Crippen molar-refractivity contribution in [1.82, 2.24) is 0 Å². The lowest BCUT2D eigenvalue weighted by molar-refractivity contribution is 0.467. The highest BCUT2D eigenvalue weighted by Gasteiger charge is 2.55. The molecule has 26 rings (SSSR count). The van der Waals surface area contributed by atoms with Gasteiger partial charge >= 0.3 is 0 Å². The van der Waals surface area contributed by atoms with E-state index in [0.29, 0.717) is 11.5 Å². The van der Waals surface area contributed by atoms with Crippen LogP contribution in [0.5, 0.6) is 46.0 Å². The van der Waals surface area contributed by atoms with Crippen LogP contribution in [0.2, 0.25) is 0 Å². The standard InChI is InChI=1S/C122H85B3N2O4S/c1-121(2,3)88-68-92(78-41-23-11-24-42-78)117(93(69-88)79-43-25-12-26-44-79)126-100-61-87(86-51-56-91-90-49-31-32-50-110(90)132-111(91)67-86)62-101-112(100)125(113-102(126)72-108-115-119(113)130-106-65-84(76-37-19-9-20-38-76)54-59-98(106)123(115)96-57-52-82(63-104(96)128-108)74-33-15-7-16-34-74)114-103(127(101)118-94(80-45-27-13-28-46-80)70-89(122(4,5)6)71-95(118)81-47-29-14-30-48-81)73-109-116-120(114)131-107-66-85(77-39-21-10-22-40-77)55-60-99(107)124(116)97-58-53-83(64-105(97)129-109)75-35-17-8-18-36-75/h7-73H,1-6H3. The molecular formula is C122H85B3N2O4S. The van der Waals surface area contributed by atoms with Gasteiger partial charge in [-0.3, -0.25) is 0 Å². The molecule has 20 aromatic rings. The number of benzene rings is 19. The lowest BCUT2D eigenvalue weighted by Crippen LogP contribution is -2.66. The van der Waals surface area contributed by atoms with Crippen molar-refractivity contribution < 1.29 is 18.9 Å². The molecule has 0 fully saturated rings. The summed E-state index contributed by atoms with van der Waals surface area (Å²) in [6.07, 6.45) is 0. The van der Waals surface area contributed by atoms with E-state index in [1.54, 1.807) is 0 Å². The van der Waals surface area contributed by atoms with Gasteiger partial charge in [0.05, 0.1) is 11.4 Å². The van der Waals surface area contributed by atoms with Crippen LogP contribution in [-0.2, 0) is 10.8 Å². The maximum atomic E-state index is 8.52. The summed E-state index contributed by atoms with van der Waals surface area (Å²) >= 11 is 1.85. The molecule has 0 bridgehead atoms. The first-order valence-corrected chi connectivity index (χ1v) is 46.7. The topological polar surface area (TPSA) is 43.4 Å². The Labute approximate surface area is 774 Å². The van der Waals surface area contributed by atoms with Crippen LogP contribution >= 0.6 is 11.3 Å². The molecule has 0 atom stereocenters. The minimum absolute atomic E-state index is 0.314. The number of rotatable bonds is 11. The second kappa shape index (κ2) is 30.0. The van der Waals surface area contributed by atoms with E-state index >= 15 is 0 Å². The molecule has 6 nitrogen and oxygen atoms in total. The number of ether oxygens (including phenoxy) is 4. The summed E-state index contributed by atoms with van der Waals surface area (Å²) in [5, 5.41) is 2.47. The second-order valence-corrected chi connectivity index (χ2v) is 39.1. The van der Waals surface area contributed by atoms with Crippen LogP contribution in [0, 0.1) is 0 Å². The average Bonchev–Trinajstić information content (AvgIpc) is 0.666. The van der Waals surface area contributed by atoms with Crippen LogP contribution in [-0.4, -0.2) is 20.1 Å². The maximum absolute atomic E-state index is 8.52. The molecule has 0 unspecified atom stereocenters. The summed E-state index contributed by atoms with van der Waals surface area (Å²) in [5.41, 5.74) is 35.9. The van der Waals surface area contributed by atoms with Crippen LogP contribution in [0.15, 0.2) is 406 Å². The first-order chi connectivity index (χ1) is 64.7. The lowest BCUT2D eigenvalue weighted by atomic mass is 9.28. The van der Waals surface area contributed by atoms with E-state index in [4.69, 9.17) is 18.9 Å². The highest BCUT2D eigenvalue weighted by Crippen LogP contribution is 2.59. The van der Waals surface area contributed by atoms with Crippen molar-refractivity contribution in [3.05, 3.63) is 418 Å². The van der Waals surface area contributed by atoms with E-state index in [-0.39, 0.29) is 24.3 Å². The minimum atomic E-state index is -0.710. The maximum Gasteiger partial charge on any atom is 0.261 e. The zero-order valence-electron chi connectivity index (χ0n) is 73.9. The van der Waals surface area contributed by atoms with Crippen LogP contribution < -0.4 is 77.9 Å². The van der Waals surface area contributed by atoms with Crippen LogP contribution in [0.25, 0.3) is 120 Å². The Hall–Kier alpha value is -15.6. The minimum Gasteiger partial charge on any atom is -0.459 e. The van der Waals surface area contributed by atoms with E-state index in [1.807, 2.05) is 11.3 Å². The van der Waals surface area contributed by atoms with Gasteiger partial charge in [-0.05, 0) is 211 Å². The summed E-state index contributed by atoms with van der Waals surface area (Å²) in [6.45, 7) is 12.6. The molecule has 0 spiro atoms. The molecule has 0 saturated carbocycles. The van der Waals surface area contributed by atoms with Crippen molar-refractivity contribution in [2.24, 2.45) is 0 Å². The van der Waals surface area contributed by atoms with Crippen molar-refractivity contribution in [1.29, 1.82) is 0 Å². The fourth-order valence-corrected chi connectivity index (χ4v) is 22.9. The van der Waals surface area contributed by atoms with E-state index in [9.17, 15) is 0 Å². The molecule has 0 aliphatic carbocycles. The summed E-state index contributed by atoms with van der Waals surface area (Å²) in [4.78, 5) is 5.35. The third-order valence-corrected chi connectivity index (χ3v) is 29.3. The molecule has 622 valence electrons. The van der Waals surface area contributed by atoms with Crippen LogP contribution in [0.4, 0.5) is 34.1 Å². The van der Waals surface area contributed by atoms with Gasteiger partial charge in [-0.1, -0.05) is 363 Å². The van der Waals surface area contributed by atoms with Crippen molar-refractivity contribution >= 4 is 135 Å². The molecule has 1 aromatic heterocycles. The SMILES string of the molecule is CC(C)(C)c1cc(-c2ccccc2)c(N2c3cc(-c4ccc5c(c4)sc4ccccc45)cc4c3B(c3c2cc2c5c3Oc3cc(-c6ccccc6)ccc3B5c3ccc(-c5ccccc5)cc3O2)c2c(cc3c5c2Oc2cc(-c6ccccc6)ccc2B5c2ccc(-c5ccccc5)cc2O3)N4c2c(-c3ccccc3)cc(C(C)(C)C)cc2-c2ccccc2)c(-c2ccccc2)c1. The van der Waals surface area contributed by atoms with Gasteiger partial charge in [0, 0.05) is 88.2 Å². The van der Waals surface area contributed by atoms with E-state index in [0.717, 1.165) is 218 Å². The van der Waals surface area contributed by atoms with Crippen molar-refractivity contribution in [2.45, 2.75) is 52.4 Å². The highest BCUT2D eigenvalue weighted by molar-refractivity contribution is 7.25. The fraction of sp³-hybridized carbons (Fsp3) is 0.0656. The van der Waals surface area contributed by atoms with Crippen molar-refractivity contribution in [2.75, 3.05) is 9.80 Å². The Kier molecular flexibility index (Phi) is 17.6. The predicted molar refractivity (Wildman–Crippen MR) is 555 cm³/mol. The lowest BCUT2D eigenvalue weighted by Gasteiger charge is -2.48. The van der Waals surface area contributed by atoms with Crippen molar-refractivity contribution in [3.63, 3.8) is 0 Å². The molecule has 19 aromatic carbocycles. The second-order valence-electron chi connectivity index (χ2n) is 38.0. The summed E-state index contributed by atoms with van der Waals surface area (Å²) in [6, 6.07) is 151. The highest BCUT2D eigenvalue weighted by atomic mass is 32.1. The first kappa shape index (κ1) is 77.5. The Bertz CT molecular complexity index is 7600. The number of nitrogens with zero attached hydrogens (tertiary/aromatic N) is 2. The first-order valence-electron chi connectivity index (χ1n) is 45.9. The predicted octanol–water partition coefficient (Wildman–Crippen LogP) is 27.2. The quantitative estimate of drug-likeness (QED) is 0.120.